The van der Waals surface area contributed by atoms with E-state index >= 15 is 0 Å². The molecule has 0 spiro atoms. The molecule has 0 radical (unpaired) electrons. The van der Waals surface area contributed by atoms with Crippen LogP contribution in [0.3, 0.4) is 0 Å². The molecule has 0 bridgehead atoms. The molecule has 1 aromatic rings. The molecular weight excluding hydrogens is 250 g/mol. The van der Waals surface area contributed by atoms with Crippen LogP contribution in [0.4, 0.5) is 0 Å². The first kappa shape index (κ1) is 7.81. The van der Waals surface area contributed by atoms with E-state index in [9.17, 15) is 5.11 Å². The van der Waals surface area contributed by atoms with Crippen LogP contribution in [-0.2, 0) is 0 Å². The smallest absolute Gasteiger partial charge is 0.118 e. The van der Waals surface area contributed by atoms with Gasteiger partial charge in [0, 0.05) is 13.8 Å². The highest BCUT2D eigenvalue weighted by molar-refractivity contribution is 5.31. The summed E-state index contributed by atoms with van der Waals surface area (Å²) in [5, 5.41) is 11.4. The van der Waals surface area contributed by atoms with Gasteiger partial charge in [0.2, 0.25) is 0 Å². The molecule has 0 heterocycles. The summed E-state index contributed by atoms with van der Waals surface area (Å²) in [6.45, 7) is -0.0143. The van der Waals surface area contributed by atoms with Gasteiger partial charge in [-0.3, -0.25) is 0 Å². The summed E-state index contributed by atoms with van der Waals surface area (Å²) in [7, 11) is 0.478. The van der Waals surface area contributed by atoms with E-state index in [2.05, 4.69) is 0 Å². The number of ether oxygens (including phenoxy) is 1. The van der Waals surface area contributed by atoms with Crippen LogP contribution in [0.2, 0.25) is 0 Å². The average molecular weight is 285 g/mol. The Bertz CT molecular complexity index is 702. The number of aliphatic hydroxyl groups is 1. The zero-order chi connectivity index (χ0) is 21.5. The van der Waals surface area contributed by atoms with Crippen LogP contribution in [0.25, 0.3) is 0 Å². The second kappa shape index (κ2) is 6.59. The van der Waals surface area contributed by atoms with E-state index in [1.54, 1.807) is 19.0 Å². The van der Waals surface area contributed by atoms with E-state index < -0.39 is 48.5 Å². The van der Waals surface area contributed by atoms with Gasteiger partial charge in [-0.05, 0) is 44.6 Å². The molecule has 0 aliphatic heterocycles. The van der Waals surface area contributed by atoms with Crippen molar-refractivity contribution in [2.24, 2.45) is 0 Å². The van der Waals surface area contributed by atoms with Crippen molar-refractivity contribution in [2.45, 2.75) is 43.6 Å². The van der Waals surface area contributed by atoms with Gasteiger partial charge in [0.15, 0.2) is 0 Å². The normalized spacial score (nSPS) is 27.8. The topological polar surface area (TPSA) is 32.7 Å². The molecule has 1 fully saturated rings. The maximum atomic E-state index is 11.4. The molecule has 20 heavy (non-hydrogen) atoms. The third-order valence-electron chi connectivity index (χ3n) is 3.72. The minimum atomic E-state index is -2.94. The van der Waals surface area contributed by atoms with E-state index in [0.717, 1.165) is 6.42 Å². The highest BCUT2D eigenvalue weighted by Gasteiger charge is 2.38. The molecular formula is C17H27NO2. The van der Waals surface area contributed by atoms with Gasteiger partial charge < -0.3 is 14.7 Å². The van der Waals surface area contributed by atoms with Crippen molar-refractivity contribution in [1.29, 1.82) is 0 Å². The van der Waals surface area contributed by atoms with Crippen LogP contribution < -0.4 is 4.74 Å². The van der Waals surface area contributed by atoms with E-state index in [4.69, 9.17) is 15.7 Å². The zero-order valence-electron chi connectivity index (χ0n) is 20.0. The molecule has 0 saturated heterocycles. The van der Waals surface area contributed by atoms with Gasteiger partial charge in [-0.25, -0.2) is 0 Å². The quantitative estimate of drug-likeness (QED) is 0.902. The third kappa shape index (κ3) is 3.53. The highest BCUT2D eigenvalue weighted by atomic mass is 16.5. The fraction of sp³-hybridized carbons (Fsp3) is 0.647. The minimum Gasteiger partial charge on any atom is -0.497 e. The van der Waals surface area contributed by atoms with Crippen LogP contribution in [-0.4, -0.2) is 43.3 Å². The fourth-order valence-corrected chi connectivity index (χ4v) is 2.72. The van der Waals surface area contributed by atoms with Gasteiger partial charge in [0.25, 0.3) is 0 Å². The van der Waals surface area contributed by atoms with Crippen molar-refractivity contribution in [3.63, 3.8) is 0 Å². The van der Waals surface area contributed by atoms with Gasteiger partial charge >= 0.3 is 0 Å². The average Bonchev–Trinajstić information content (AvgIpc) is 2.56. The molecule has 3 nitrogen and oxygen atoms in total. The van der Waals surface area contributed by atoms with Crippen molar-refractivity contribution in [3.8, 4) is 5.75 Å². The molecule has 2 rings (SSSR count). The largest absolute Gasteiger partial charge is 0.497 e. The Hall–Kier alpha value is -1.06. The number of rotatable bonds is 5. The number of hydrogen-bond acceptors (Lipinski definition) is 3. The van der Waals surface area contributed by atoms with E-state index in [1.165, 1.54) is 0 Å². The molecule has 0 aromatic heterocycles. The lowest BCUT2D eigenvalue weighted by atomic mass is 9.72. The molecule has 0 unspecified atom stereocenters. The Morgan fingerprint density at radius 3 is 2.55 bits per heavy atom. The van der Waals surface area contributed by atoms with E-state index in [-0.39, 0.29) is 12.1 Å². The van der Waals surface area contributed by atoms with Crippen molar-refractivity contribution in [1.82, 2.24) is 4.90 Å². The first-order valence-corrected chi connectivity index (χ1v) is 6.90. The first-order valence-electron chi connectivity index (χ1n) is 10.9. The molecule has 1 aliphatic carbocycles. The van der Waals surface area contributed by atoms with Crippen molar-refractivity contribution in [3.05, 3.63) is 29.7 Å². The Labute approximate surface area is 133 Å². The summed E-state index contributed by atoms with van der Waals surface area (Å²) in [6.07, 6.45) is 2.95. The van der Waals surface area contributed by atoms with Crippen molar-refractivity contribution in [2.75, 3.05) is 27.7 Å². The van der Waals surface area contributed by atoms with Gasteiger partial charge in [0.05, 0.1) is 22.2 Å². The summed E-state index contributed by atoms with van der Waals surface area (Å²) < 4.78 is 68.5. The number of benzene rings is 1. The first-order chi connectivity index (χ1) is 12.7. The number of likely N-dealkylation sites (N-methyl/N-ethyl adjacent to an activating group) is 1. The lowest BCUT2D eigenvalue weighted by Crippen LogP contribution is -2.42. The summed E-state index contributed by atoms with van der Waals surface area (Å²) >= 11 is 0. The molecule has 0 amide bonds. The van der Waals surface area contributed by atoms with Crippen LogP contribution >= 0.6 is 0 Å². The monoisotopic (exact) mass is 285 g/mol. The molecule has 1 N–H and O–H groups in total. The Kier molecular flexibility index (Phi) is 2.57. The molecule has 1 aliphatic rings. The summed E-state index contributed by atoms with van der Waals surface area (Å²) in [5.41, 5.74) is -1.76. The second-order valence-corrected chi connectivity index (χ2v) is 5.61. The van der Waals surface area contributed by atoms with Crippen molar-refractivity contribution < 1.29 is 20.8 Å². The summed E-state index contributed by atoms with van der Waals surface area (Å²) in [4.78, 5) is 1.67. The molecule has 112 valence electrons. The van der Waals surface area contributed by atoms with Crippen LogP contribution in [0.1, 0.15) is 54.5 Å². The minimum absolute atomic E-state index is 0.0143. The number of methoxy groups -OCH3 is 1. The standard InChI is InChI=1S/C17H27NO2/c1-18(2)13-16(17(19)11-5-4-6-12-17)14-7-9-15(20-3)10-8-14/h7-10,16,19H,4-6,11-13H2,1-3H3/t16-/m1/s1/i3D3,7D,8D,9D,10D,16D. The summed E-state index contributed by atoms with van der Waals surface area (Å²) in [6, 6.07) is -2.45. The van der Waals surface area contributed by atoms with Gasteiger partial charge in [-0.15, -0.1) is 0 Å². The Morgan fingerprint density at radius 1 is 1.35 bits per heavy atom. The van der Waals surface area contributed by atoms with Gasteiger partial charge in [0.1, 0.15) is 5.75 Å². The maximum absolute atomic E-state index is 11.4. The van der Waals surface area contributed by atoms with E-state index in [1.807, 2.05) is 0 Å². The van der Waals surface area contributed by atoms with Crippen molar-refractivity contribution >= 4 is 0 Å². The fourth-order valence-electron chi connectivity index (χ4n) is 2.72. The molecule has 3 heteroatoms. The molecule has 1 aromatic carbocycles. The third-order valence-corrected chi connectivity index (χ3v) is 3.72. The van der Waals surface area contributed by atoms with Crippen LogP contribution in [0, 0.1) is 0 Å². The van der Waals surface area contributed by atoms with Gasteiger partial charge in [-0.1, -0.05) is 31.3 Å². The Balaban J connectivity index is 2.74. The maximum Gasteiger partial charge on any atom is 0.118 e. The van der Waals surface area contributed by atoms with Gasteiger partial charge in [-0.2, -0.15) is 0 Å². The Morgan fingerprint density at radius 2 is 2.00 bits per heavy atom. The molecule has 1 saturated carbocycles. The number of hydrogen-bond donors (Lipinski definition) is 1. The highest BCUT2D eigenvalue weighted by Crippen LogP contribution is 2.40. The molecule has 1 atom stereocenters. The lowest BCUT2D eigenvalue weighted by molar-refractivity contribution is -0.0277. The van der Waals surface area contributed by atoms with Crippen LogP contribution in [0.15, 0.2) is 24.2 Å². The summed E-state index contributed by atoms with van der Waals surface area (Å²) in [5.74, 6) is -2.50. The van der Waals surface area contributed by atoms with Crippen LogP contribution in [0.5, 0.6) is 5.75 Å². The second-order valence-electron chi connectivity index (χ2n) is 5.61. The van der Waals surface area contributed by atoms with E-state index in [0.29, 0.717) is 25.7 Å². The predicted molar refractivity (Wildman–Crippen MR) is 82.3 cm³/mol. The zero-order valence-corrected chi connectivity index (χ0v) is 12.0. The predicted octanol–water partition coefficient (Wildman–Crippen LogP) is 3.04. The number of nitrogens with zero attached hydrogens (tertiary/aromatic N) is 1. The lowest BCUT2D eigenvalue weighted by Gasteiger charge is -2.40. The SMILES string of the molecule is [2H]c1c([2H])c([C@@]([2H])(CN(C)C)C2(O)CCCCC2)c([2H])c([2H])c1OC([2H])([2H])[2H].